The number of anilines is 4. The predicted molar refractivity (Wildman–Crippen MR) is 222 cm³/mol. The molecule has 8 rings (SSSR count). The average Bonchev–Trinajstić information content (AvgIpc) is 3.80. The lowest BCUT2D eigenvalue weighted by Gasteiger charge is -2.07. The van der Waals surface area contributed by atoms with Gasteiger partial charge in [-0.15, -0.1) is 22.7 Å². The second-order valence-corrected chi connectivity index (χ2v) is 14.6. The Labute approximate surface area is 315 Å². The number of rotatable bonds is 7. The number of thiazole rings is 2. The molecule has 2 amide bonds. The SMILES string of the molecule is CNc1cccc(C(=O)Nc2ccc(-c3nc4ccc(C)cc4s3)cc2)c1.Cc1ccc2nc(-c3ccc(NC(=O)c4cccc(N)c4)cc3)sc2c1. The van der Waals surface area contributed by atoms with Gasteiger partial charge in [0.05, 0.1) is 20.4 Å². The third kappa shape index (κ3) is 8.41. The smallest absolute Gasteiger partial charge is 0.255 e. The van der Waals surface area contributed by atoms with Gasteiger partial charge in [0.15, 0.2) is 0 Å². The highest BCUT2D eigenvalue weighted by atomic mass is 32.1. The number of nitrogens with one attached hydrogen (secondary N) is 3. The average molecular weight is 733 g/mol. The number of nitrogen functional groups attached to an aromatic ring is 1. The standard InChI is InChI=1S/C22H19N3OS.C21H17N3OS/c1-14-6-11-19-20(12-14)27-22(25-19)15-7-9-17(10-8-15)24-21(26)16-4-3-5-18(13-16)23-2;1-13-5-10-18-19(11-13)26-21(24-18)14-6-8-17(9-7-14)23-20(25)15-3-2-4-16(22)12-15/h3-13,23H,1-2H3,(H,24,26);2-12H,22H2,1H3,(H,23,25). The van der Waals surface area contributed by atoms with E-state index in [0.717, 1.165) is 49.2 Å². The van der Waals surface area contributed by atoms with Crippen molar-refractivity contribution in [3.8, 4) is 21.1 Å². The summed E-state index contributed by atoms with van der Waals surface area (Å²) >= 11 is 3.35. The van der Waals surface area contributed by atoms with Crippen LogP contribution in [-0.2, 0) is 0 Å². The summed E-state index contributed by atoms with van der Waals surface area (Å²) in [6.07, 6.45) is 0. The number of aryl methyl sites for hydroxylation is 2. The van der Waals surface area contributed by atoms with Crippen LogP contribution in [0.4, 0.5) is 22.7 Å². The van der Waals surface area contributed by atoms with Gasteiger partial charge in [-0.25, -0.2) is 9.97 Å². The highest BCUT2D eigenvalue weighted by molar-refractivity contribution is 7.22. The predicted octanol–water partition coefficient (Wildman–Crippen LogP) is 10.7. The van der Waals surface area contributed by atoms with E-state index in [-0.39, 0.29) is 11.8 Å². The maximum Gasteiger partial charge on any atom is 0.255 e. The molecule has 6 aromatic carbocycles. The molecule has 0 aliphatic rings. The molecule has 0 aliphatic carbocycles. The number of carbonyl (C=O) groups excluding carboxylic acids is 2. The van der Waals surface area contributed by atoms with Gasteiger partial charge in [-0.3, -0.25) is 9.59 Å². The fourth-order valence-corrected chi connectivity index (χ4v) is 7.74. The van der Waals surface area contributed by atoms with Gasteiger partial charge < -0.3 is 21.7 Å². The molecule has 2 heterocycles. The van der Waals surface area contributed by atoms with Crippen molar-refractivity contribution in [1.82, 2.24) is 9.97 Å². The quantitative estimate of drug-likeness (QED) is 0.121. The maximum absolute atomic E-state index is 12.4. The zero-order valence-electron chi connectivity index (χ0n) is 29.3. The van der Waals surface area contributed by atoms with Gasteiger partial charge in [-0.2, -0.15) is 0 Å². The molecule has 53 heavy (non-hydrogen) atoms. The van der Waals surface area contributed by atoms with E-state index >= 15 is 0 Å². The van der Waals surface area contributed by atoms with Gasteiger partial charge in [0.25, 0.3) is 11.8 Å². The molecule has 0 saturated carbocycles. The lowest BCUT2D eigenvalue weighted by molar-refractivity contribution is 0.101. The summed E-state index contributed by atoms with van der Waals surface area (Å²) in [5, 5.41) is 10.8. The molecule has 0 atom stereocenters. The first kappa shape index (κ1) is 35.1. The van der Waals surface area contributed by atoms with Crippen molar-refractivity contribution in [2.45, 2.75) is 13.8 Å². The van der Waals surface area contributed by atoms with Crippen LogP contribution in [0.2, 0.25) is 0 Å². The van der Waals surface area contributed by atoms with E-state index in [2.05, 4.69) is 65.1 Å². The molecule has 10 heteroatoms. The lowest BCUT2D eigenvalue weighted by Crippen LogP contribution is -2.11. The van der Waals surface area contributed by atoms with E-state index in [1.54, 1.807) is 53.0 Å². The number of nitrogens with two attached hydrogens (primary N) is 1. The maximum atomic E-state index is 12.4. The molecule has 0 fully saturated rings. The lowest BCUT2D eigenvalue weighted by atomic mass is 10.1. The largest absolute Gasteiger partial charge is 0.399 e. The minimum absolute atomic E-state index is 0.129. The van der Waals surface area contributed by atoms with Gasteiger partial charge in [0, 0.05) is 52.1 Å². The van der Waals surface area contributed by atoms with Crippen molar-refractivity contribution >= 4 is 77.7 Å². The molecule has 0 spiro atoms. The molecule has 0 bridgehead atoms. The molecule has 2 aromatic heterocycles. The fraction of sp³-hybridized carbons (Fsp3) is 0.0698. The minimum Gasteiger partial charge on any atom is -0.399 e. The highest BCUT2D eigenvalue weighted by Crippen LogP contribution is 2.33. The first-order valence-corrected chi connectivity index (χ1v) is 18.6. The second-order valence-electron chi connectivity index (χ2n) is 12.5. The van der Waals surface area contributed by atoms with Crippen LogP contribution < -0.4 is 21.7 Å². The Hall–Kier alpha value is -6.36. The van der Waals surface area contributed by atoms with E-state index in [1.807, 2.05) is 79.8 Å². The number of fused-ring (bicyclic) bond motifs is 2. The van der Waals surface area contributed by atoms with E-state index in [1.165, 1.54) is 20.5 Å². The summed E-state index contributed by atoms with van der Waals surface area (Å²) in [4.78, 5) is 34.1. The summed E-state index contributed by atoms with van der Waals surface area (Å²) in [6, 6.07) is 42.4. The Morgan fingerprint density at radius 1 is 0.547 bits per heavy atom. The van der Waals surface area contributed by atoms with Crippen LogP contribution in [0.15, 0.2) is 133 Å². The Balaban J connectivity index is 0.000000164. The third-order valence-corrected chi connectivity index (χ3v) is 10.6. The van der Waals surface area contributed by atoms with Crippen LogP contribution in [-0.4, -0.2) is 28.8 Å². The summed E-state index contributed by atoms with van der Waals surface area (Å²) in [5.41, 5.74) is 16.4. The molecule has 5 N–H and O–H groups in total. The number of carbonyl (C=O) groups is 2. The normalized spacial score (nSPS) is 10.8. The molecular weight excluding hydrogens is 697 g/mol. The van der Waals surface area contributed by atoms with Crippen LogP contribution >= 0.6 is 22.7 Å². The third-order valence-electron chi connectivity index (χ3n) is 8.43. The van der Waals surface area contributed by atoms with Crippen LogP contribution in [0.1, 0.15) is 31.8 Å². The van der Waals surface area contributed by atoms with Gasteiger partial charge >= 0.3 is 0 Å². The molecule has 0 unspecified atom stereocenters. The number of aromatic nitrogens is 2. The van der Waals surface area contributed by atoms with Crippen LogP contribution in [0, 0.1) is 13.8 Å². The summed E-state index contributed by atoms with van der Waals surface area (Å²) in [6.45, 7) is 4.17. The molecule has 262 valence electrons. The molecular formula is C43H36N6O2S2. The van der Waals surface area contributed by atoms with Gasteiger partial charge in [-0.1, -0.05) is 24.3 Å². The molecule has 8 nitrogen and oxygen atoms in total. The second kappa shape index (κ2) is 15.5. The number of benzene rings is 6. The van der Waals surface area contributed by atoms with Crippen molar-refractivity contribution < 1.29 is 9.59 Å². The van der Waals surface area contributed by atoms with Gasteiger partial charge in [-0.05, 0) is 134 Å². The monoisotopic (exact) mass is 732 g/mol. The fourth-order valence-electron chi connectivity index (χ4n) is 5.61. The zero-order chi connectivity index (χ0) is 36.9. The van der Waals surface area contributed by atoms with Crippen molar-refractivity contribution in [3.05, 3.63) is 156 Å². The van der Waals surface area contributed by atoms with Crippen molar-refractivity contribution in [2.24, 2.45) is 0 Å². The van der Waals surface area contributed by atoms with Crippen LogP contribution in [0.5, 0.6) is 0 Å². The minimum atomic E-state index is -0.180. The first-order valence-electron chi connectivity index (χ1n) is 16.9. The molecule has 0 aliphatic heterocycles. The van der Waals surface area contributed by atoms with E-state index in [0.29, 0.717) is 16.8 Å². The number of hydrogen-bond acceptors (Lipinski definition) is 8. The Bertz CT molecular complexity index is 2580. The van der Waals surface area contributed by atoms with Crippen molar-refractivity contribution in [1.29, 1.82) is 0 Å². The van der Waals surface area contributed by atoms with Gasteiger partial charge in [0.2, 0.25) is 0 Å². The molecule has 0 saturated heterocycles. The Morgan fingerprint density at radius 2 is 1.02 bits per heavy atom. The summed E-state index contributed by atoms with van der Waals surface area (Å²) < 4.78 is 2.37. The molecule has 8 aromatic rings. The van der Waals surface area contributed by atoms with E-state index < -0.39 is 0 Å². The van der Waals surface area contributed by atoms with E-state index in [9.17, 15) is 9.59 Å². The number of amides is 2. The van der Waals surface area contributed by atoms with Crippen molar-refractivity contribution in [3.63, 3.8) is 0 Å². The zero-order valence-corrected chi connectivity index (χ0v) is 30.9. The molecule has 0 radical (unpaired) electrons. The highest BCUT2D eigenvalue weighted by Gasteiger charge is 2.11. The number of nitrogens with zero attached hydrogens (tertiary/aromatic N) is 2. The summed E-state index contributed by atoms with van der Waals surface area (Å²) in [7, 11) is 1.83. The van der Waals surface area contributed by atoms with Crippen molar-refractivity contribution in [2.75, 3.05) is 28.7 Å². The first-order chi connectivity index (χ1) is 25.7. The topological polar surface area (TPSA) is 122 Å². The van der Waals surface area contributed by atoms with Crippen LogP contribution in [0.3, 0.4) is 0 Å². The van der Waals surface area contributed by atoms with Gasteiger partial charge in [0.1, 0.15) is 10.0 Å². The number of hydrogen-bond donors (Lipinski definition) is 4. The Morgan fingerprint density at radius 3 is 1.49 bits per heavy atom. The summed E-state index contributed by atoms with van der Waals surface area (Å²) in [5.74, 6) is -0.309. The van der Waals surface area contributed by atoms with Crippen LogP contribution in [0.25, 0.3) is 41.6 Å². The van der Waals surface area contributed by atoms with E-state index in [4.69, 9.17) is 10.7 Å². The Kier molecular flexibility index (Phi) is 10.2.